The normalized spacial score (nSPS) is 22.5. The number of hydrogen-bond donors (Lipinski definition) is 3. The first kappa shape index (κ1) is 13.4. The molecule has 2 atom stereocenters. The van der Waals surface area contributed by atoms with E-state index in [-0.39, 0.29) is 29.6 Å². The number of carbonyl (C=O) groups is 2. The first-order valence-corrected chi connectivity index (χ1v) is 5.67. The number of aromatic nitrogens is 2. The lowest BCUT2D eigenvalue weighted by Gasteiger charge is -2.10. The first-order valence-electron chi connectivity index (χ1n) is 5.67. The summed E-state index contributed by atoms with van der Waals surface area (Å²) in [5, 5.41) is 11.3. The molecule has 0 spiro atoms. The smallest absolute Gasteiger partial charge is 0.258 e. The summed E-state index contributed by atoms with van der Waals surface area (Å²) >= 11 is 0. The topological polar surface area (TPSA) is 121 Å². The van der Waals surface area contributed by atoms with Crippen molar-refractivity contribution in [1.29, 1.82) is 0 Å². The molecule has 1 saturated heterocycles. The van der Waals surface area contributed by atoms with Gasteiger partial charge in [0.15, 0.2) is 5.78 Å². The molecule has 0 radical (unpaired) electrons. The molecule has 102 valence electrons. The van der Waals surface area contributed by atoms with E-state index in [4.69, 9.17) is 9.84 Å². The Hall–Kier alpha value is -2.06. The van der Waals surface area contributed by atoms with E-state index in [0.717, 1.165) is 0 Å². The molecule has 1 aromatic heterocycles. The van der Waals surface area contributed by atoms with Crippen LogP contribution >= 0.6 is 0 Å². The van der Waals surface area contributed by atoms with Crippen LogP contribution in [0.4, 0.5) is 5.95 Å². The van der Waals surface area contributed by atoms with E-state index in [9.17, 15) is 14.4 Å². The van der Waals surface area contributed by atoms with Crippen LogP contribution in [0.5, 0.6) is 0 Å². The second-order valence-corrected chi connectivity index (χ2v) is 4.16. The molecule has 0 unspecified atom stereocenters. The number of H-pyrrole nitrogens is 1. The fourth-order valence-electron chi connectivity index (χ4n) is 1.83. The summed E-state index contributed by atoms with van der Waals surface area (Å²) in [6.45, 7) is 0.878. The summed E-state index contributed by atoms with van der Waals surface area (Å²) in [5.41, 5.74) is -0.298. The molecule has 19 heavy (non-hydrogen) atoms. The van der Waals surface area contributed by atoms with Gasteiger partial charge in [-0.2, -0.15) is 0 Å². The van der Waals surface area contributed by atoms with Gasteiger partial charge < -0.3 is 9.84 Å². The maximum Gasteiger partial charge on any atom is 0.258 e. The summed E-state index contributed by atoms with van der Waals surface area (Å²) in [4.78, 5) is 40.3. The van der Waals surface area contributed by atoms with Crippen molar-refractivity contribution in [2.24, 2.45) is 0 Å². The number of rotatable bonds is 3. The quantitative estimate of drug-likeness (QED) is 0.653. The van der Waals surface area contributed by atoms with Gasteiger partial charge in [0.1, 0.15) is 6.10 Å². The monoisotopic (exact) mass is 267 g/mol. The van der Waals surface area contributed by atoms with Crippen molar-refractivity contribution in [2.45, 2.75) is 25.6 Å². The van der Waals surface area contributed by atoms with Crippen LogP contribution < -0.4 is 10.9 Å². The number of Topliss-reactive ketones (excluding diaryl/α,β-unsaturated/α-hetero) is 1. The molecular weight excluding hydrogens is 254 g/mol. The van der Waals surface area contributed by atoms with Gasteiger partial charge in [0.25, 0.3) is 5.56 Å². The molecule has 1 amide bonds. The third-order valence-electron chi connectivity index (χ3n) is 2.71. The Balaban J connectivity index is 2.20. The average Bonchev–Trinajstić information content (AvgIpc) is 2.69. The Bertz CT molecular complexity index is 568. The van der Waals surface area contributed by atoms with Gasteiger partial charge in [0.05, 0.1) is 18.3 Å². The number of carbonyl (C=O) groups excluding carboxylic acids is 2. The van der Waals surface area contributed by atoms with E-state index in [2.05, 4.69) is 15.3 Å². The van der Waals surface area contributed by atoms with Crippen LogP contribution in [0.2, 0.25) is 0 Å². The van der Waals surface area contributed by atoms with Gasteiger partial charge in [-0.25, -0.2) is 4.98 Å². The largest absolute Gasteiger partial charge is 0.393 e. The van der Waals surface area contributed by atoms with Gasteiger partial charge in [-0.15, -0.1) is 0 Å². The molecule has 0 aliphatic carbocycles. The number of nitrogens with zero attached hydrogens (tertiary/aromatic N) is 1. The van der Waals surface area contributed by atoms with Crippen molar-refractivity contribution in [3.63, 3.8) is 0 Å². The minimum Gasteiger partial charge on any atom is -0.393 e. The standard InChI is InChI=1S/C11H13N3O5/c1-5(16)13-11-12-3-6(10(18)14-11)8-2-7(17)9(4-15)19-8/h3,8-9,15H,2,4H2,1H3,(H2,12,13,14,16,18)/t8-,9-/m1/s1. The first-order chi connectivity index (χ1) is 9.01. The lowest BCUT2D eigenvalue weighted by molar-refractivity contribution is -0.124. The molecule has 1 aliphatic rings. The molecule has 2 rings (SSSR count). The van der Waals surface area contributed by atoms with E-state index < -0.39 is 24.4 Å². The van der Waals surface area contributed by atoms with Crippen LogP contribution in [0.1, 0.15) is 25.0 Å². The van der Waals surface area contributed by atoms with Crippen molar-refractivity contribution in [2.75, 3.05) is 11.9 Å². The second kappa shape index (κ2) is 5.29. The van der Waals surface area contributed by atoms with Crippen LogP contribution in [0.15, 0.2) is 11.0 Å². The zero-order valence-corrected chi connectivity index (χ0v) is 10.2. The van der Waals surface area contributed by atoms with Crippen molar-refractivity contribution in [3.05, 3.63) is 22.1 Å². The fraction of sp³-hybridized carbons (Fsp3) is 0.455. The van der Waals surface area contributed by atoms with Gasteiger partial charge in [-0.05, 0) is 0 Å². The predicted molar refractivity (Wildman–Crippen MR) is 63.5 cm³/mol. The molecule has 1 fully saturated rings. The Morgan fingerprint density at radius 1 is 1.63 bits per heavy atom. The van der Waals surface area contributed by atoms with Crippen LogP contribution in [-0.2, 0) is 14.3 Å². The average molecular weight is 267 g/mol. The maximum atomic E-state index is 11.8. The van der Waals surface area contributed by atoms with Gasteiger partial charge in [0, 0.05) is 19.5 Å². The Kier molecular flexibility index (Phi) is 3.72. The molecule has 8 nitrogen and oxygen atoms in total. The number of ketones is 1. The van der Waals surface area contributed by atoms with Gasteiger partial charge in [-0.1, -0.05) is 0 Å². The molecule has 1 aliphatic heterocycles. The highest BCUT2D eigenvalue weighted by Gasteiger charge is 2.35. The lowest BCUT2D eigenvalue weighted by Crippen LogP contribution is -2.22. The van der Waals surface area contributed by atoms with Crippen molar-refractivity contribution < 1.29 is 19.4 Å². The molecule has 2 heterocycles. The Labute approximate surface area is 107 Å². The second-order valence-electron chi connectivity index (χ2n) is 4.16. The Morgan fingerprint density at radius 2 is 2.37 bits per heavy atom. The third-order valence-corrected chi connectivity index (χ3v) is 2.71. The molecule has 0 saturated carbocycles. The number of aliphatic hydroxyl groups is 1. The van der Waals surface area contributed by atoms with Crippen LogP contribution in [0.25, 0.3) is 0 Å². The highest BCUT2D eigenvalue weighted by molar-refractivity contribution is 5.86. The molecule has 0 aromatic carbocycles. The number of ether oxygens (including phenoxy) is 1. The summed E-state index contributed by atoms with van der Waals surface area (Å²) in [6, 6.07) is 0. The van der Waals surface area contributed by atoms with Gasteiger partial charge in [0.2, 0.25) is 11.9 Å². The number of nitrogens with one attached hydrogen (secondary N) is 2. The molecule has 8 heteroatoms. The summed E-state index contributed by atoms with van der Waals surface area (Å²) in [7, 11) is 0. The highest BCUT2D eigenvalue weighted by Crippen LogP contribution is 2.28. The number of aromatic amines is 1. The number of amides is 1. The lowest BCUT2D eigenvalue weighted by atomic mass is 10.1. The van der Waals surface area contributed by atoms with Crippen LogP contribution in [0, 0.1) is 0 Å². The summed E-state index contributed by atoms with van der Waals surface area (Å²) in [6.07, 6.45) is -0.330. The summed E-state index contributed by atoms with van der Waals surface area (Å²) < 4.78 is 5.26. The van der Waals surface area contributed by atoms with E-state index in [1.54, 1.807) is 0 Å². The van der Waals surface area contributed by atoms with Crippen molar-refractivity contribution in [1.82, 2.24) is 9.97 Å². The number of anilines is 1. The summed E-state index contributed by atoms with van der Waals surface area (Å²) in [5.74, 6) is -0.578. The zero-order chi connectivity index (χ0) is 14.0. The highest BCUT2D eigenvalue weighted by atomic mass is 16.5. The van der Waals surface area contributed by atoms with Crippen LogP contribution in [-0.4, -0.2) is 39.5 Å². The van der Waals surface area contributed by atoms with Crippen LogP contribution in [0.3, 0.4) is 0 Å². The predicted octanol–water partition coefficient (Wildman–Crippen LogP) is -0.880. The number of aliphatic hydroxyl groups excluding tert-OH is 1. The SMILES string of the molecule is CC(=O)Nc1ncc([C@H]2CC(=O)[C@@H](CO)O2)c(=O)[nH]1. The third kappa shape index (κ3) is 2.85. The molecular formula is C11H13N3O5. The number of hydrogen-bond acceptors (Lipinski definition) is 6. The Morgan fingerprint density at radius 3 is 2.89 bits per heavy atom. The van der Waals surface area contributed by atoms with Gasteiger partial charge in [-0.3, -0.25) is 24.7 Å². The molecule has 0 bridgehead atoms. The molecule has 3 N–H and O–H groups in total. The van der Waals surface area contributed by atoms with E-state index in [0.29, 0.717) is 0 Å². The minimum atomic E-state index is -0.889. The van der Waals surface area contributed by atoms with E-state index in [1.807, 2.05) is 0 Å². The van der Waals surface area contributed by atoms with Crippen molar-refractivity contribution >= 4 is 17.6 Å². The van der Waals surface area contributed by atoms with Gasteiger partial charge >= 0.3 is 0 Å². The van der Waals surface area contributed by atoms with Crippen molar-refractivity contribution in [3.8, 4) is 0 Å². The maximum absolute atomic E-state index is 11.8. The molecule has 1 aromatic rings. The zero-order valence-electron chi connectivity index (χ0n) is 10.2. The van der Waals surface area contributed by atoms with E-state index in [1.165, 1.54) is 13.1 Å². The fourth-order valence-corrected chi connectivity index (χ4v) is 1.83. The van der Waals surface area contributed by atoms with E-state index >= 15 is 0 Å². The minimum absolute atomic E-state index is 0.0233.